The largest absolute Gasteiger partial charge is 0.383 e. The maximum absolute atomic E-state index is 12.5. The fourth-order valence-electron chi connectivity index (χ4n) is 3.09. The highest BCUT2D eigenvalue weighted by Gasteiger charge is 2.14. The van der Waals surface area contributed by atoms with E-state index >= 15 is 0 Å². The first kappa shape index (κ1) is 23.2. The van der Waals surface area contributed by atoms with Gasteiger partial charge in [0.15, 0.2) is 0 Å². The van der Waals surface area contributed by atoms with Crippen LogP contribution in [-0.4, -0.2) is 49.5 Å². The number of hydrogen-bond acceptors (Lipinski definition) is 7. The number of carbonyl (C=O) groups is 1. The second-order valence-electron chi connectivity index (χ2n) is 7.49. The number of aromatic nitrogens is 2. The number of nitrogens with zero attached hydrogens (tertiary/aromatic N) is 2. The summed E-state index contributed by atoms with van der Waals surface area (Å²) in [6.45, 7) is 2.48. The van der Waals surface area contributed by atoms with Crippen molar-refractivity contribution >= 4 is 42.4 Å². The molecule has 1 aromatic heterocycles. The summed E-state index contributed by atoms with van der Waals surface area (Å²) in [6, 6.07) is 16.3. The van der Waals surface area contributed by atoms with Gasteiger partial charge < -0.3 is 26.4 Å². The zero-order chi connectivity index (χ0) is 22.9. The molecule has 0 aliphatic heterocycles. The summed E-state index contributed by atoms with van der Waals surface area (Å²) in [6.07, 6.45) is 1.99. The minimum absolute atomic E-state index is 0.0312. The van der Waals surface area contributed by atoms with E-state index in [1.165, 1.54) is 6.20 Å². The van der Waals surface area contributed by atoms with Gasteiger partial charge in [0.05, 0.1) is 12.6 Å². The molecule has 2 unspecified atom stereocenters. The molecular formula is C23H27BN6O2. The van der Waals surface area contributed by atoms with Gasteiger partial charge in [-0.3, -0.25) is 4.79 Å². The lowest BCUT2D eigenvalue weighted by Crippen LogP contribution is -2.37. The van der Waals surface area contributed by atoms with E-state index in [4.69, 9.17) is 18.3 Å². The second kappa shape index (κ2) is 11.3. The van der Waals surface area contributed by atoms with Crippen LogP contribution in [0.2, 0.25) is 0 Å². The van der Waals surface area contributed by atoms with Crippen LogP contribution in [0.15, 0.2) is 60.8 Å². The number of ether oxygens (including phenoxy) is 1. The van der Waals surface area contributed by atoms with E-state index in [9.17, 15) is 4.79 Å². The molecule has 0 bridgehead atoms. The van der Waals surface area contributed by atoms with Crippen LogP contribution in [0.3, 0.4) is 0 Å². The lowest BCUT2D eigenvalue weighted by atomic mass is 9.99. The molecule has 164 valence electrons. The summed E-state index contributed by atoms with van der Waals surface area (Å²) in [5, 5.41) is 9.18. The van der Waals surface area contributed by atoms with Gasteiger partial charge in [0, 0.05) is 30.7 Å². The maximum Gasteiger partial charge on any atom is 0.241 e. The van der Waals surface area contributed by atoms with Crippen LogP contribution in [0.25, 0.3) is 0 Å². The molecule has 8 nitrogen and oxygen atoms in total. The number of benzene rings is 2. The first-order valence-corrected chi connectivity index (χ1v) is 10.3. The third kappa shape index (κ3) is 6.80. The molecule has 32 heavy (non-hydrogen) atoms. The molecule has 1 amide bonds. The Hall–Kier alpha value is -3.43. The van der Waals surface area contributed by atoms with Crippen LogP contribution in [0, 0.1) is 0 Å². The molecular weight excluding hydrogens is 403 g/mol. The number of nitrogens with two attached hydrogens (primary N) is 1. The van der Waals surface area contributed by atoms with E-state index in [2.05, 4.69) is 25.9 Å². The van der Waals surface area contributed by atoms with Crippen molar-refractivity contribution in [2.24, 2.45) is 5.73 Å². The number of methoxy groups -OCH3 is 1. The molecule has 5 N–H and O–H groups in total. The quantitative estimate of drug-likeness (QED) is 0.364. The lowest BCUT2D eigenvalue weighted by molar-refractivity contribution is -0.117. The lowest BCUT2D eigenvalue weighted by Gasteiger charge is -2.16. The molecule has 9 heteroatoms. The van der Waals surface area contributed by atoms with E-state index < -0.39 is 6.04 Å². The first-order valence-electron chi connectivity index (χ1n) is 10.3. The number of rotatable bonds is 10. The highest BCUT2D eigenvalue weighted by atomic mass is 16.5. The van der Waals surface area contributed by atoms with Crippen molar-refractivity contribution in [3.05, 3.63) is 66.4 Å². The van der Waals surface area contributed by atoms with Crippen LogP contribution >= 0.6 is 0 Å². The number of amides is 1. The Morgan fingerprint density at radius 1 is 1.16 bits per heavy atom. The van der Waals surface area contributed by atoms with Crippen molar-refractivity contribution in [1.82, 2.24) is 9.97 Å². The molecule has 2 radical (unpaired) electrons. The van der Waals surface area contributed by atoms with Crippen LogP contribution in [0.4, 0.5) is 23.1 Å². The highest BCUT2D eigenvalue weighted by Crippen LogP contribution is 2.19. The number of anilines is 4. The molecule has 0 saturated carbocycles. The van der Waals surface area contributed by atoms with Crippen molar-refractivity contribution in [3.63, 3.8) is 0 Å². The third-order valence-corrected chi connectivity index (χ3v) is 4.64. The summed E-state index contributed by atoms with van der Waals surface area (Å²) in [7, 11) is 7.61. The summed E-state index contributed by atoms with van der Waals surface area (Å²) in [5.41, 5.74) is 8.85. The van der Waals surface area contributed by atoms with Crippen molar-refractivity contribution in [2.45, 2.75) is 25.4 Å². The Labute approximate surface area is 189 Å². The molecule has 1 heterocycles. The second-order valence-corrected chi connectivity index (χ2v) is 7.49. The molecule has 0 aliphatic rings. The van der Waals surface area contributed by atoms with Gasteiger partial charge in [-0.1, -0.05) is 36.4 Å². The van der Waals surface area contributed by atoms with Crippen LogP contribution in [0.5, 0.6) is 0 Å². The fourth-order valence-corrected chi connectivity index (χ4v) is 3.09. The van der Waals surface area contributed by atoms with Gasteiger partial charge in [-0.15, -0.1) is 0 Å². The predicted molar refractivity (Wildman–Crippen MR) is 129 cm³/mol. The molecule has 2 atom stereocenters. The number of hydrogen-bond donors (Lipinski definition) is 4. The Kier molecular flexibility index (Phi) is 8.18. The molecule has 2 aromatic carbocycles. The van der Waals surface area contributed by atoms with Crippen molar-refractivity contribution in [2.75, 3.05) is 29.7 Å². The average Bonchev–Trinajstić information content (AvgIpc) is 2.77. The minimum atomic E-state index is -0.655. The normalized spacial score (nSPS) is 12.6. The fraction of sp³-hybridized carbons (Fsp3) is 0.261. The van der Waals surface area contributed by atoms with Crippen molar-refractivity contribution < 1.29 is 9.53 Å². The van der Waals surface area contributed by atoms with Crippen LogP contribution in [-0.2, 0) is 16.0 Å². The maximum atomic E-state index is 12.5. The van der Waals surface area contributed by atoms with Gasteiger partial charge in [-0.05, 0) is 42.6 Å². The Morgan fingerprint density at radius 3 is 2.66 bits per heavy atom. The Morgan fingerprint density at radius 2 is 1.91 bits per heavy atom. The van der Waals surface area contributed by atoms with Crippen LogP contribution < -0.4 is 27.1 Å². The molecule has 3 aromatic rings. The van der Waals surface area contributed by atoms with Gasteiger partial charge in [0.25, 0.3) is 0 Å². The van der Waals surface area contributed by atoms with Crippen molar-refractivity contribution in [1.29, 1.82) is 0 Å². The SMILES string of the molecule is [B]c1cnc(Nc2cccc(NC(=O)C(N)Cc3ccccc3)c2)nc1NC(C)COC. The topological polar surface area (TPSA) is 114 Å². The molecule has 0 spiro atoms. The number of carbonyl (C=O) groups excluding carboxylic acids is 1. The van der Waals surface area contributed by atoms with Gasteiger partial charge in [-0.25, -0.2) is 4.98 Å². The summed E-state index contributed by atoms with van der Waals surface area (Å²) < 4.78 is 5.13. The summed E-state index contributed by atoms with van der Waals surface area (Å²) in [4.78, 5) is 21.2. The van der Waals surface area contributed by atoms with Gasteiger partial charge in [0.1, 0.15) is 13.7 Å². The minimum Gasteiger partial charge on any atom is -0.383 e. The standard InChI is InChI=1S/C23H27BN6O2/c1-15(14-32-2)27-21-19(24)13-26-23(30-21)29-18-10-6-9-17(12-18)28-22(31)20(25)11-16-7-4-3-5-8-16/h3-10,12-13,15,20H,11,14,25H2,1-2H3,(H,28,31)(H2,26,27,29,30). The molecule has 0 aliphatic carbocycles. The predicted octanol–water partition coefficient (Wildman–Crippen LogP) is 1.97. The molecule has 0 fully saturated rings. The van der Waals surface area contributed by atoms with Gasteiger partial charge in [0.2, 0.25) is 11.9 Å². The van der Waals surface area contributed by atoms with Crippen LogP contribution in [0.1, 0.15) is 12.5 Å². The zero-order valence-electron chi connectivity index (χ0n) is 18.2. The van der Waals surface area contributed by atoms with E-state index in [1.54, 1.807) is 19.2 Å². The van der Waals surface area contributed by atoms with E-state index in [0.717, 1.165) is 5.56 Å². The van der Waals surface area contributed by atoms with Crippen molar-refractivity contribution in [3.8, 4) is 0 Å². The van der Waals surface area contributed by atoms with E-state index in [0.29, 0.717) is 41.6 Å². The smallest absolute Gasteiger partial charge is 0.241 e. The summed E-state index contributed by atoms with van der Waals surface area (Å²) in [5.74, 6) is 0.632. The Balaban J connectivity index is 1.64. The molecule has 0 saturated heterocycles. The highest BCUT2D eigenvalue weighted by molar-refractivity contribution is 6.35. The zero-order valence-corrected chi connectivity index (χ0v) is 18.2. The average molecular weight is 430 g/mol. The van der Waals surface area contributed by atoms with Gasteiger partial charge in [-0.2, -0.15) is 4.98 Å². The first-order chi connectivity index (χ1) is 15.4. The monoisotopic (exact) mass is 430 g/mol. The molecule has 3 rings (SSSR count). The van der Waals surface area contributed by atoms with E-state index in [-0.39, 0.29) is 11.9 Å². The third-order valence-electron chi connectivity index (χ3n) is 4.64. The number of nitrogens with one attached hydrogen (secondary N) is 3. The Bertz CT molecular complexity index is 1030. The summed E-state index contributed by atoms with van der Waals surface area (Å²) >= 11 is 0. The van der Waals surface area contributed by atoms with Gasteiger partial charge >= 0.3 is 0 Å². The van der Waals surface area contributed by atoms with E-state index in [1.807, 2.05) is 49.4 Å².